The van der Waals surface area contributed by atoms with Crippen molar-refractivity contribution in [2.24, 2.45) is 0 Å². The number of aryl methyl sites for hydroxylation is 1. The Morgan fingerprint density at radius 2 is 1.53 bits per heavy atom. The number of hydrogen-bond donors (Lipinski definition) is 0. The third-order valence-corrected chi connectivity index (χ3v) is 6.54. The molecule has 9 heteroatoms. The number of benzene rings is 3. The number of sulfone groups is 1. The zero-order valence-electron chi connectivity index (χ0n) is 18.3. The lowest BCUT2D eigenvalue weighted by molar-refractivity contribution is -0.143. The summed E-state index contributed by atoms with van der Waals surface area (Å²) in [5, 5.41) is 4.29. The molecule has 0 saturated heterocycles. The van der Waals surface area contributed by atoms with Crippen molar-refractivity contribution in [1.29, 1.82) is 0 Å². The molecule has 4 nitrogen and oxygen atoms in total. The SMILES string of the molecule is Cc1ccc(-c2c(-c3ccc(S(C)(=O)=O)cc3)nn(Cc3ccccc3)c2C(F)(F)F)cc1F. The summed E-state index contributed by atoms with van der Waals surface area (Å²) < 4.78 is 82.1. The van der Waals surface area contributed by atoms with Crippen LogP contribution in [0.4, 0.5) is 17.6 Å². The first-order valence-electron chi connectivity index (χ1n) is 10.2. The van der Waals surface area contributed by atoms with Crippen molar-refractivity contribution in [2.45, 2.75) is 24.5 Å². The van der Waals surface area contributed by atoms with E-state index in [1.54, 1.807) is 30.3 Å². The van der Waals surface area contributed by atoms with Crippen molar-refractivity contribution < 1.29 is 26.0 Å². The zero-order valence-corrected chi connectivity index (χ0v) is 19.1. The maximum atomic E-state index is 14.4. The number of nitrogens with zero attached hydrogens (tertiary/aromatic N) is 2. The van der Waals surface area contributed by atoms with E-state index in [4.69, 9.17) is 0 Å². The second kappa shape index (κ2) is 8.72. The molecule has 0 fully saturated rings. The Kier molecular flexibility index (Phi) is 6.07. The Morgan fingerprint density at radius 3 is 2.09 bits per heavy atom. The largest absolute Gasteiger partial charge is 0.433 e. The van der Waals surface area contributed by atoms with E-state index in [9.17, 15) is 26.0 Å². The van der Waals surface area contributed by atoms with Crippen LogP contribution in [0.2, 0.25) is 0 Å². The summed E-state index contributed by atoms with van der Waals surface area (Å²) >= 11 is 0. The van der Waals surface area contributed by atoms with Gasteiger partial charge in [0.25, 0.3) is 0 Å². The Balaban J connectivity index is 1.99. The van der Waals surface area contributed by atoms with Crippen LogP contribution in [0.15, 0.2) is 77.7 Å². The van der Waals surface area contributed by atoms with Crippen LogP contribution in [0.3, 0.4) is 0 Å². The molecule has 0 amide bonds. The molecule has 0 saturated carbocycles. The first-order chi connectivity index (χ1) is 15.9. The predicted molar refractivity (Wildman–Crippen MR) is 121 cm³/mol. The predicted octanol–water partition coefficient (Wildman–Crippen LogP) is 6.14. The molecule has 3 aromatic carbocycles. The molecule has 4 rings (SSSR count). The van der Waals surface area contributed by atoms with Gasteiger partial charge in [0.05, 0.1) is 11.4 Å². The van der Waals surface area contributed by atoms with E-state index >= 15 is 0 Å². The first-order valence-corrected chi connectivity index (χ1v) is 12.1. The average Bonchev–Trinajstić information content (AvgIpc) is 3.15. The van der Waals surface area contributed by atoms with Crippen molar-refractivity contribution in [3.8, 4) is 22.4 Å². The molecule has 4 aromatic rings. The fourth-order valence-corrected chi connectivity index (χ4v) is 4.34. The molecule has 0 atom stereocenters. The minimum absolute atomic E-state index is 0.0217. The molecule has 0 bridgehead atoms. The van der Waals surface area contributed by atoms with Crippen molar-refractivity contribution in [2.75, 3.05) is 6.26 Å². The van der Waals surface area contributed by atoms with Gasteiger partial charge in [-0.15, -0.1) is 0 Å². The van der Waals surface area contributed by atoms with Crippen LogP contribution in [0.25, 0.3) is 22.4 Å². The molecular formula is C25H20F4N2O2S. The highest BCUT2D eigenvalue weighted by Crippen LogP contribution is 2.43. The molecule has 1 aromatic heterocycles. The van der Waals surface area contributed by atoms with Crippen LogP contribution in [-0.4, -0.2) is 24.5 Å². The molecule has 0 aliphatic heterocycles. The summed E-state index contributed by atoms with van der Waals surface area (Å²) in [6.07, 6.45) is -3.75. The number of halogens is 4. The van der Waals surface area contributed by atoms with Crippen LogP contribution in [0.1, 0.15) is 16.8 Å². The Bertz CT molecular complexity index is 1440. The van der Waals surface area contributed by atoms with Crippen LogP contribution in [-0.2, 0) is 22.6 Å². The van der Waals surface area contributed by atoms with Crippen LogP contribution in [0, 0.1) is 12.7 Å². The molecule has 0 radical (unpaired) electrons. The summed E-state index contributed by atoms with van der Waals surface area (Å²) in [4.78, 5) is 0.0268. The zero-order chi connectivity index (χ0) is 24.7. The van der Waals surface area contributed by atoms with Crippen LogP contribution < -0.4 is 0 Å². The van der Waals surface area contributed by atoms with Crippen molar-refractivity contribution in [3.63, 3.8) is 0 Å². The van der Waals surface area contributed by atoms with Crippen molar-refractivity contribution in [3.05, 3.63) is 95.4 Å². The monoisotopic (exact) mass is 488 g/mol. The van der Waals surface area contributed by atoms with E-state index in [0.717, 1.165) is 17.0 Å². The smallest absolute Gasteiger partial charge is 0.255 e. The highest BCUT2D eigenvalue weighted by molar-refractivity contribution is 7.90. The lowest BCUT2D eigenvalue weighted by atomic mass is 9.97. The summed E-state index contributed by atoms with van der Waals surface area (Å²) in [6.45, 7) is 1.37. The van der Waals surface area contributed by atoms with E-state index < -0.39 is 27.5 Å². The van der Waals surface area contributed by atoms with E-state index in [1.165, 1.54) is 43.3 Å². The van der Waals surface area contributed by atoms with Gasteiger partial charge in [-0.05, 0) is 41.8 Å². The normalized spacial score (nSPS) is 12.2. The van der Waals surface area contributed by atoms with Gasteiger partial charge in [-0.1, -0.05) is 54.6 Å². The number of alkyl halides is 3. The topological polar surface area (TPSA) is 52.0 Å². The van der Waals surface area contributed by atoms with Crippen molar-refractivity contribution in [1.82, 2.24) is 9.78 Å². The van der Waals surface area contributed by atoms with Crippen LogP contribution in [0.5, 0.6) is 0 Å². The van der Waals surface area contributed by atoms with E-state index in [0.29, 0.717) is 11.1 Å². The fourth-order valence-electron chi connectivity index (χ4n) is 3.70. The second-order valence-corrected chi connectivity index (χ2v) is 9.99. The van der Waals surface area contributed by atoms with Gasteiger partial charge in [0.15, 0.2) is 15.5 Å². The van der Waals surface area contributed by atoms with E-state index in [2.05, 4.69) is 5.10 Å². The molecule has 0 unspecified atom stereocenters. The molecule has 0 aliphatic rings. The molecule has 0 aliphatic carbocycles. The van der Waals surface area contributed by atoms with E-state index in [1.807, 2.05) is 0 Å². The first kappa shape index (κ1) is 23.7. The van der Waals surface area contributed by atoms with Gasteiger partial charge < -0.3 is 0 Å². The molecule has 34 heavy (non-hydrogen) atoms. The molecule has 0 N–H and O–H groups in total. The summed E-state index contributed by atoms with van der Waals surface area (Å²) in [5.74, 6) is -0.639. The number of aromatic nitrogens is 2. The molecular weight excluding hydrogens is 468 g/mol. The third-order valence-electron chi connectivity index (χ3n) is 5.41. The number of hydrogen-bond acceptors (Lipinski definition) is 3. The molecule has 0 spiro atoms. The van der Waals surface area contributed by atoms with E-state index in [-0.39, 0.29) is 33.8 Å². The summed E-state index contributed by atoms with van der Waals surface area (Å²) in [7, 11) is -3.50. The maximum absolute atomic E-state index is 14.4. The minimum atomic E-state index is -4.79. The van der Waals surface area contributed by atoms with Gasteiger partial charge >= 0.3 is 6.18 Å². The quantitative estimate of drug-likeness (QED) is 0.317. The summed E-state index contributed by atoms with van der Waals surface area (Å²) in [6, 6.07) is 17.9. The van der Waals surface area contributed by atoms with Gasteiger partial charge in [0.1, 0.15) is 11.5 Å². The highest BCUT2D eigenvalue weighted by atomic mass is 32.2. The lowest BCUT2D eigenvalue weighted by Crippen LogP contribution is -2.16. The lowest BCUT2D eigenvalue weighted by Gasteiger charge is -2.14. The van der Waals surface area contributed by atoms with Crippen molar-refractivity contribution >= 4 is 9.84 Å². The summed E-state index contributed by atoms with van der Waals surface area (Å²) in [5.41, 5.74) is -0.0930. The molecule has 176 valence electrons. The Morgan fingerprint density at radius 1 is 0.912 bits per heavy atom. The maximum Gasteiger partial charge on any atom is 0.433 e. The number of rotatable bonds is 5. The molecule has 1 heterocycles. The Hall–Kier alpha value is -3.46. The second-order valence-electron chi connectivity index (χ2n) is 7.97. The van der Waals surface area contributed by atoms with Gasteiger partial charge in [0.2, 0.25) is 0 Å². The van der Waals surface area contributed by atoms with Gasteiger partial charge in [-0.2, -0.15) is 18.3 Å². The fraction of sp³-hybridized carbons (Fsp3) is 0.160. The Labute approximate surface area is 194 Å². The minimum Gasteiger partial charge on any atom is -0.255 e. The van der Waals surface area contributed by atoms with Gasteiger partial charge in [-0.25, -0.2) is 12.8 Å². The van der Waals surface area contributed by atoms with Crippen LogP contribution >= 0.6 is 0 Å². The standard InChI is InChI=1S/C25H20F4N2O2S/c1-16-8-9-19(14-21(16)26)22-23(18-10-12-20(13-11-18)34(2,32)33)30-31(24(22)25(27,28)29)15-17-6-4-3-5-7-17/h3-14H,15H2,1-2H3. The highest BCUT2D eigenvalue weighted by Gasteiger charge is 2.40. The van der Waals surface area contributed by atoms with Gasteiger partial charge in [-0.3, -0.25) is 4.68 Å². The van der Waals surface area contributed by atoms with Gasteiger partial charge in [0, 0.05) is 17.4 Å². The average molecular weight is 489 g/mol. The third kappa shape index (κ3) is 4.75.